The van der Waals surface area contributed by atoms with Crippen molar-refractivity contribution in [2.75, 3.05) is 19.8 Å². The van der Waals surface area contributed by atoms with Crippen LogP contribution in [0.15, 0.2) is 0 Å². The maximum atomic E-state index is 11.3. The highest BCUT2D eigenvalue weighted by Gasteiger charge is 2.22. The molecule has 2 N–H and O–H groups in total. The van der Waals surface area contributed by atoms with Crippen molar-refractivity contribution in [2.24, 2.45) is 5.92 Å². The van der Waals surface area contributed by atoms with Crippen LogP contribution >= 0.6 is 0 Å². The lowest BCUT2D eigenvalue weighted by Gasteiger charge is -2.24. The van der Waals surface area contributed by atoms with Gasteiger partial charge < -0.3 is 10.4 Å². The molecule has 0 saturated heterocycles. The molecule has 0 aromatic heterocycles. The van der Waals surface area contributed by atoms with Gasteiger partial charge in [-0.25, -0.2) is 12.7 Å². The van der Waals surface area contributed by atoms with Gasteiger partial charge in [0.2, 0.25) is 15.9 Å². The number of sulfonamides is 1. The topological polar surface area (TPSA) is 86.7 Å². The predicted molar refractivity (Wildman–Crippen MR) is 65.6 cm³/mol. The molecule has 0 bridgehead atoms. The first-order valence-corrected chi connectivity index (χ1v) is 7.13. The largest absolute Gasteiger partial charge is 0.390 e. The van der Waals surface area contributed by atoms with E-state index < -0.39 is 28.1 Å². The quantitative estimate of drug-likeness (QED) is 0.659. The summed E-state index contributed by atoms with van der Waals surface area (Å²) in [5.74, 6) is -0.698. The van der Waals surface area contributed by atoms with Gasteiger partial charge in [0, 0.05) is 19.5 Å². The summed E-state index contributed by atoms with van der Waals surface area (Å²) in [6, 6.07) is -0.532. The third-order valence-corrected chi connectivity index (χ3v) is 3.69. The van der Waals surface area contributed by atoms with Crippen LogP contribution in [0.4, 0.5) is 0 Å². The summed E-state index contributed by atoms with van der Waals surface area (Å²) in [6.45, 7) is 6.74. The first kappa shape index (κ1) is 16.3. The van der Waals surface area contributed by atoms with Crippen molar-refractivity contribution in [1.82, 2.24) is 9.62 Å². The lowest BCUT2D eigenvalue weighted by Crippen LogP contribution is -2.47. The molecule has 0 spiro atoms. The Hall–Kier alpha value is -0.660. The van der Waals surface area contributed by atoms with Crippen LogP contribution in [0.2, 0.25) is 0 Å². The Labute approximate surface area is 103 Å². The van der Waals surface area contributed by atoms with Crippen molar-refractivity contribution >= 4 is 15.9 Å². The highest BCUT2D eigenvalue weighted by Crippen LogP contribution is 2.01. The molecule has 3 atom stereocenters. The Balaban J connectivity index is 4.33. The summed E-state index contributed by atoms with van der Waals surface area (Å²) in [4.78, 5) is 11.3. The van der Waals surface area contributed by atoms with E-state index in [1.54, 1.807) is 13.8 Å². The normalized spacial score (nSPS) is 16.0. The van der Waals surface area contributed by atoms with Crippen LogP contribution in [0, 0.1) is 12.8 Å². The molecule has 1 radical (unpaired) electrons. The van der Waals surface area contributed by atoms with Gasteiger partial charge in [0.05, 0.1) is 18.4 Å². The van der Waals surface area contributed by atoms with E-state index in [4.69, 9.17) is 0 Å². The second kappa shape index (κ2) is 6.32. The van der Waals surface area contributed by atoms with Gasteiger partial charge in [-0.1, -0.05) is 6.92 Å². The molecule has 17 heavy (non-hydrogen) atoms. The second-order valence-corrected chi connectivity index (χ2v) is 6.40. The van der Waals surface area contributed by atoms with Crippen molar-refractivity contribution in [3.8, 4) is 0 Å². The number of hydrogen-bond donors (Lipinski definition) is 2. The highest BCUT2D eigenvalue weighted by atomic mass is 32.2. The summed E-state index contributed by atoms with van der Waals surface area (Å²) in [7, 11) is -1.96. The molecule has 0 aliphatic carbocycles. The van der Waals surface area contributed by atoms with Gasteiger partial charge in [-0.05, 0) is 13.8 Å². The van der Waals surface area contributed by atoms with E-state index in [0.29, 0.717) is 0 Å². The van der Waals surface area contributed by atoms with E-state index >= 15 is 0 Å². The average Bonchev–Trinajstić information content (AvgIpc) is 2.15. The van der Waals surface area contributed by atoms with Crippen LogP contribution < -0.4 is 5.32 Å². The summed E-state index contributed by atoms with van der Waals surface area (Å²) in [5, 5.41) is 12.3. The fraction of sp³-hybridized carbons (Fsp3) is 0.800. The third-order valence-electron chi connectivity index (χ3n) is 2.40. The number of amides is 1. The minimum absolute atomic E-state index is 0.0637. The van der Waals surface area contributed by atoms with Crippen LogP contribution in [0.5, 0.6) is 0 Å². The van der Waals surface area contributed by atoms with E-state index in [2.05, 4.69) is 12.2 Å². The zero-order valence-corrected chi connectivity index (χ0v) is 11.5. The van der Waals surface area contributed by atoms with Crippen molar-refractivity contribution in [2.45, 2.75) is 26.0 Å². The molecule has 2 unspecified atom stereocenters. The maximum Gasteiger partial charge on any atom is 0.223 e. The highest BCUT2D eigenvalue weighted by molar-refractivity contribution is 7.88. The van der Waals surface area contributed by atoms with E-state index in [1.165, 1.54) is 7.05 Å². The maximum absolute atomic E-state index is 11.3. The molecule has 101 valence electrons. The Morgan fingerprint density at radius 3 is 2.29 bits per heavy atom. The second-order valence-electron chi connectivity index (χ2n) is 4.31. The fourth-order valence-corrected chi connectivity index (χ4v) is 1.44. The number of carbonyl (C=O) groups is 1. The molecule has 7 heteroatoms. The molecular formula is C10H21N2O4S. The number of nitrogens with one attached hydrogen (secondary N) is 1. The van der Waals surface area contributed by atoms with Crippen molar-refractivity contribution in [3.05, 3.63) is 6.92 Å². The van der Waals surface area contributed by atoms with Gasteiger partial charge in [-0.15, -0.1) is 0 Å². The molecule has 0 aromatic rings. The van der Waals surface area contributed by atoms with Crippen molar-refractivity contribution in [3.63, 3.8) is 0 Å². The number of nitrogens with zero attached hydrogens (tertiary/aromatic N) is 1. The first-order valence-electron chi connectivity index (χ1n) is 5.28. The smallest absolute Gasteiger partial charge is 0.223 e. The summed E-state index contributed by atoms with van der Waals surface area (Å²) in [6.07, 6.45) is 0.0958. The van der Waals surface area contributed by atoms with Gasteiger partial charge in [-0.3, -0.25) is 4.79 Å². The number of aliphatic hydroxyl groups is 1. The van der Waals surface area contributed by atoms with Crippen LogP contribution in [-0.2, 0) is 14.8 Å². The summed E-state index contributed by atoms with van der Waals surface area (Å²) >= 11 is 0. The molecule has 1 amide bonds. The SMILES string of the molecule is [CH2]C(C)C(=O)N[C@@H](C)C(O)CN(C)S(C)(=O)=O. The van der Waals surface area contributed by atoms with Crippen molar-refractivity contribution < 1.29 is 18.3 Å². The van der Waals surface area contributed by atoms with Gasteiger partial charge in [-0.2, -0.15) is 0 Å². The predicted octanol–water partition coefficient (Wildman–Crippen LogP) is -0.786. The Bertz CT molecular complexity index is 353. The Morgan fingerprint density at radius 1 is 1.47 bits per heavy atom. The van der Waals surface area contributed by atoms with Gasteiger partial charge in [0.1, 0.15) is 0 Å². The number of rotatable bonds is 6. The van der Waals surface area contributed by atoms with Crippen LogP contribution in [0.25, 0.3) is 0 Å². The molecule has 6 nitrogen and oxygen atoms in total. The minimum Gasteiger partial charge on any atom is -0.390 e. The molecule has 0 rings (SSSR count). The molecular weight excluding hydrogens is 244 g/mol. The fourth-order valence-electron chi connectivity index (χ4n) is 1.02. The van der Waals surface area contributed by atoms with Crippen LogP contribution in [-0.4, -0.2) is 55.7 Å². The number of aliphatic hydroxyl groups excluding tert-OH is 1. The Kier molecular flexibility index (Phi) is 6.08. The van der Waals surface area contributed by atoms with Gasteiger partial charge >= 0.3 is 0 Å². The lowest BCUT2D eigenvalue weighted by molar-refractivity contribution is -0.124. The van der Waals surface area contributed by atoms with Gasteiger partial charge in [0.25, 0.3) is 0 Å². The van der Waals surface area contributed by atoms with Gasteiger partial charge in [0.15, 0.2) is 0 Å². The minimum atomic E-state index is -3.33. The third kappa shape index (κ3) is 5.99. The lowest BCUT2D eigenvalue weighted by atomic mass is 10.1. The Morgan fingerprint density at radius 2 is 1.94 bits per heavy atom. The number of hydrogen-bond acceptors (Lipinski definition) is 4. The molecule has 0 saturated carbocycles. The first-order chi connectivity index (χ1) is 7.55. The molecule has 0 aliphatic heterocycles. The molecule has 0 aliphatic rings. The van der Waals surface area contributed by atoms with E-state index in [9.17, 15) is 18.3 Å². The van der Waals surface area contributed by atoms with Crippen LogP contribution in [0.3, 0.4) is 0 Å². The average molecular weight is 265 g/mol. The standard InChI is InChI=1S/C10H21N2O4S/c1-7(2)10(14)11-8(3)9(13)6-12(4)17(5,15)16/h7-9,13H,1,6H2,2-5H3,(H,11,14)/t7?,8-,9?/m0/s1. The van der Waals surface area contributed by atoms with Crippen LogP contribution in [0.1, 0.15) is 13.8 Å². The summed E-state index contributed by atoms with van der Waals surface area (Å²) in [5.41, 5.74) is 0. The number of likely N-dealkylation sites (N-methyl/N-ethyl adjacent to an activating group) is 1. The number of carbonyl (C=O) groups excluding carboxylic acids is 1. The zero-order chi connectivity index (χ0) is 13.8. The van der Waals surface area contributed by atoms with E-state index in [0.717, 1.165) is 10.6 Å². The molecule has 0 heterocycles. The zero-order valence-electron chi connectivity index (χ0n) is 10.7. The molecule has 0 aromatic carbocycles. The van der Waals surface area contributed by atoms with Crippen molar-refractivity contribution in [1.29, 1.82) is 0 Å². The molecule has 0 fully saturated rings. The summed E-state index contributed by atoms with van der Waals surface area (Å²) < 4.78 is 23.3. The van der Waals surface area contributed by atoms with E-state index in [-0.39, 0.29) is 12.5 Å². The monoisotopic (exact) mass is 265 g/mol. The van der Waals surface area contributed by atoms with E-state index in [1.807, 2.05) is 0 Å².